The number of hydrogen-bond donors (Lipinski definition) is 1. The van der Waals surface area contributed by atoms with E-state index in [9.17, 15) is 9.59 Å². The summed E-state index contributed by atoms with van der Waals surface area (Å²) in [6.07, 6.45) is 0.138. The lowest BCUT2D eigenvalue weighted by atomic mass is 10.1. The minimum absolute atomic E-state index is 0.138. The number of thiazole rings is 2. The van der Waals surface area contributed by atoms with Crippen LogP contribution in [0.15, 0.2) is 29.6 Å². The van der Waals surface area contributed by atoms with Gasteiger partial charge >= 0.3 is 5.97 Å². The second kappa shape index (κ2) is 11.0. The first-order valence-corrected chi connectivity index (χ1v) is 12.5. The van der Waals surface area contributed by atoms with Crippen molar-refractivity contribution in [2.75, 3.05) is 38.2 Å². The van der Waals surface area contributed by atoms with Crippen LogP contribution in [0.1, 0.15) is 33.5 Å². The fraction of sp³-hybridized carbons (Fsp3) is 0.391. The Morgan fingerprint density at radius 1 is 1.18 bits per heavy atom. The molecule has 33 heavy (non-hydrogen) atoms. The van der Waals surface area contributed by atoms with Crippen molar-refractivity contribution >= 4 is 39.7 Å². The molecule has 0 bridgehead atoms. The van der Waals surface area contributed by atoms with Crippen LogP contribution < -0.4 is 5.32 Å². The average Bonchev–Trinajstić information content (AvgIpc) is 3.41. The molecule has 1 N–H and O–H groups in total. The van der Waals surface area contributed by atoms with E-state index in [1.54, 1.807) is 13.8 Å². The van der Waals surface area contributed by atoms with Crippen molar-refractivity contribution in [1.29, 1.82) is 0 Å². The van der Waals surface area contributed by atoms with E-state index in [0.717, 1.165) is 54.8 Å². The number of benzene rings is 1. The van der Waals surface area contributed by atoms with Crippen molar-refractivity contribution in [3.8, 4) is 10.6 Å². The molecule has 0 radical (unpaired) electrons. The minimum Gasteiger partial charge on any atom is -0.462 e. The summed E-state index contributed by atoms with van der Waals surface area (Å²) in [4.78, 5) is 36.1. The number of ether oxygens (including phenoxy) is 2. The molecule has 0 saturated carbocycles. The smallest absolute Gasteiger partial charge is 0.350 e. The number of hydrogen-bond acceptors (Lipinski definition) is 9. The predicted molar refractivity (Wildman–Crippen MR) is 129 cm³/mol. The van der Waals surface area contributed by atoms with Crippen LogP contribution in [0.4, 0.5) is 5.13 Å². The van der Waals surface area contributed by atoms with E-state index in [2.05, 4.69) is 44.5 Å². The molecular weight excluding hydrogens is 460 g/mol. The number of carbonyl (C=O) groups excluding carboxylic acids is 2. The summed E-state index contributed by atoms with van der Waals surface area (Å²) in [6.45, 7) is 8.19. The molecule has 8 nitrogen and oxygen atoms in total. The fourth-order valence-electron chi connectivity index (χ4n) is 3.45. The summed E-state index contributed by atoms with van der Waals surface area (Å²) >= 11 is 2.63. The molecular formula is C23H26N4O4S2. The highest BCUT2D eigenvalue weighted by atomic mass is 32.1. The van der Waals surface area contributed by atoms with Crippen LogP contribution in [0.5, 0.6) is 0 Å². The minimum atomic E-state index is -0.423. The first kappa shape index (κ1) is 23.5. The van der Waals surface area contributed by atoms with Gasteiger partial charge in [-0.1, -0.05) is 35.6 Å². The number of aromatic nitrogens is 2. The van der Waals surface area contributed by atoms with Crippen molar-refractivity contribution in [1.82, 2.24) is 14.9 Å². The van der Waals surface area contributed by atoms with E-state index in [4.69, 9.17) is 9.47 Å². The van der Waals surface area contributed by atoms with Gasteiger partial charge in [0.2, 0.25) is 5.91 Å². The maximum Gasteiger partial charge on any atom is 0.350 e. The number of esters is 1. The van der Waals surface area contributed by atoms with Gasteiger partial charge in [-0.15, -0.1) is 11.3 Å². The summed E-state index contributed by atoms with van der Waals surface area (Å²) < 4.78 is 10.4. The van der Waals surface area contributed by atoms with E-state index in [1.165, 1.54) is 16.9 Å². The van der Waals surface area contributed by atoms with Crippen molar-refractivity contribution < 1.29 is 19.1 Å². The highest BCUT2D eigenvalue weighted by molar-refractivity contribution is 7.17. The Kier molecular flexibility index (Phi) is 7.81. The molecule has 3 aromatic rings. The number of nitrogens with one attached hydrogen (secondary N) is 1. The lowest BCUT2D eigenvalue weighted by Gasteiger charge is -2.26. The molecule has 3 heterocycles. The normalized spacial score (nSPS) is 14.2. The first-order valence-electron chi connectivity index (χ1n) is 10.8. The van der Waals surface area contributed by atoms with Gasteiger partial charge in [0.1, 0.15) is 9.88 Å². The molecule has 0 spiro atoms. The molecule has 174 valence electrons. The maximum atomic E-state index is 12.5. The molecule has 1 amide bonds. The highest BCUT2D eigenvalue weighted by Crippen LogP contribution is 2.26. The largest absolute Gasteiger partial charge is 0.462 e. The molecule has 0 unspecified atom stereocenters. The van der Waals surface area contributed by atoms with E-state index < -0.39 is 5.97 Å². The fourth-order valence-corrected chi connectivity index (χ4v) is 5.16. The van der Waals surface area contributed by atoms with Gasteiger partial charge in [-0.25, -0.2) is 14.8 Å². The zero-order valence-electron chi connectivity index (χ0n) is 18.6. The molecule has 10 heteroatoms. The predicted octanol–water partition coefficient (Wildman–Crippen LogP) is 3.77. The van der Waals surface area contributed by atoms with Crippen LogP contribution in [0.2, 0.25) is 0 Å². The number of anilines is 1. The number of rotatable bonds is 8. The highest BCUT2D eigenvalue weighted by Gasteiger charge is 2.18. The zero-order chi connectivity index (χ0) is 23.2. The van der Waals surface area contributed by atoms with Crippen molar-refractivity contribution in [2.24, 2.45) is 0 Å². The molecule has 0 aliphatic carbocycles. The van der Waals surface area contributed by atoms with Crippen LogP contribution in [0.3, 0.4) is 0 Å². The van der Waals surface area contributed by atoms with E-state index >= 15 is 0 Å². The average molecular weight is 487 g/mol. The Labute approximate surface area is 200 Å². The van der Waals surface area contributed by atoms with Gasteiger partial charge in [-0.2, -0.15) is 0 Å². The van der Waals surface area contributed by atoms with Gasteiger partial charge in [0.25, 0.3) is 0 Å². The van der Waals surface area contributed by atoms with Crippen LogP contribution in [-0.4, -0.2) is 59.7 Å². The molecule has 1 fully saturated rings. The third kappa shape index (κ3) is 6.23. The molecule has 2 aromatic heterocycles. The summed E-state index contributed by atoms with van der Waals surface area (Å²) in [5, 5.41) is 5.91. The Balaban J connectivity index is 1.33. The molecule has 1 aliphatic heterocycles. The number of nitrogens with zero attached hydrogens (tertiary/aromatic N) is 3. The van der Waals surface area contributed by atoms with Crippen LogP contribution in [-0.2, 0) is 27.2 Å². The molecule has 1 aromatic carbocycles. The van der Waals surface area contributed by atoms with Gasteiger partial charge in [0, 0.05) is 30.6 Å². The Morgan fingerprint density at radius 2 is 1.94 bits per heavy atom. The summed E-state index contributed by atoms with van der Waals surface area (Å²) in [5.41, 5.74) is 3.54. The quantitative estimate of drug-likeness (QED) is 0.485. The van der Waals surface area contributed by atoms with Gasteiger partial charge in [0.15, 0.2) is 5.13 Å². The van der Waals surface area contributed by atoms with Gasteiger partial charge in [-0.05, 0) is 19.4 Å². The molecule has 0 atom stereocenters. The molecule has 4 rings (SSSR count). The van der Waals surface area contributed by atoms with Crippen LogP contribution in [0, 0.1) is 6.92 Å². The van der Waals surface area contributed by atoms with Gasteiger partial charge < -0.3 is 14.8 Å². The summed E-state index contributed by atoms with van der Waals surface area (Å²) in [7, 11) is 0. The lowest BCUT2D eigenvalue weighted by molar-refractivity contribution is -0.115. The summed E-state index contributed by atoms with van der Waals surface area (Å²) in [6, 6.07) is 8.41. The van der Waals surface area contributed by atoms with Crippen molar-refractivity contribution in [3.05, 3.63) is 51.5 Å². The van der Waals surface area contributed by atoms with Crippen LogP contribution >= 0.6 is 22.7 Å². The van der Waals surface area contributed by atoms with E-state index in [1.807, 2.05) is 5.38 Å². The summed E-state index contributed by atoms with van der Waals surface area (Å²) in [5.74, 6) is -0.648. The number of morpholine rings is 1. The Hall–Kier alpha value is -2.66. The number of amides is 1. The second-order valence-electron chi connectivity index (χ2n) is 7.61. The van der Waals surface area contributed by atoms with E-state index in [0.29, 0.717) is 28.0 Å². The molecule has 1 saturated heterocycles. The van der Waals surface area contributed by atoms with Gasteiger partial charge in [0.05, 0.1) is 37.6 Å². The standard InChI is InChI=1S/C23H26N4O4S2/c1-3-31-22(29)20-15(2)24-23(33-20)26-19(28)12-18-14-32-21(25-18)17-6-4-16(5-7-17)13-27-8-10-30-11-9-27/h4-7,14H,3,8-13H2,1-2H3,(H,24,26,28). The molecule has 1 aliphatic rings. The van der Waals surface area contributed by atoms with Crippen molar-refractivity contribution in [3.63, 3.8) is 0 Å². The van der Waals surface area contributed by atoms with Crippen LogP contribution in [0.25, 0.3) is 10.6 Å². The Morgan fingerprint density at radius 3 is 2.67 bits per heavy atom. The Bertz CT molecular complexity index is 1100. The zero-order valence-corrected chi connectivity index (χ0v) is 20.3. The number of carbonyl (C=O) groups is 2. The van der Waals surface area contributed by atoms with Gasteiger partial charge in [-0.3, -0.25) is 9.69 Å². The first-order chi connectivity index (χ1) is 16.0. The third-order valence-corrected chi connectivity index (χ3v) is 7.10. The number of aryl methyl sites for hydroxylation is 1. The van der Waals surface area contributed by atoms with E-state index in [-0.39, 0.29) is 12.3 Å². The second-order valence-corrected chi connectivity index (χ2v) is 9.47. The van der Waals surface area contributed by atoms with Crippen molar-refractivity contribution in [2.45, 2.75) is 26.8 Å². The SMILES string of the molecule is CCOC(=O)c1sc(NC(=O)Cc2csc(-c3ccc(CN4CCOCC4)cc3)n2)nc1C. The third-order valence-electron chi connectivity index (χ3n) is 5.11. The maximum absolute atomic E-state index is 12.5. The lowest BCUT2D eigenvalue weighted by Crippen LogP contribution is -2.35. The topological polar surface area (TPSA) is 93.7 Å². The monoisotopic (exact) mass is 486 g/mol.